The van der Waals surface area contributed by atoms with E-state index in [-0.39, 0.29) is 17.7 Å². The van der Waals surface area contributed by atoms with E-state index >= 15 is 0 Å². The molecule has 4 aromatic rings. The lowest BCUT2D eigenvalue weighted by Gasteiger charge is -2.12. The minimum absolute atomic E-state index is 0.0173. The number of carbonyl (C=O) groups excluding carboxylic acids is 2. The highest BCUT2D eigenvalue weighted by molar-refractivity contribution is 7.15. The Morgan fingerprint density at radius 2 is 1.79 bits per heavy atom. The number of thiophene rings is 1. The maximum atomic E-state index is 13.3. The topological polar surface area (TPSA) is 94.3 Å². The summed E-state index contributed by atoms with van der Waals surface area (Å²) in [6.45, 7) is 3.68. The number of hydrogen-bond donors (Lipinski definition) is 1. The molecule has 0 spiro atoms. The minimum Gasteiger partial charge on any atom is -0.449 e. The van der Waals surface area contributed by atoms with Crippen molar-refractivity contribution < 1.29 is 18.7 Å². The molecule has 0 saturated heterocycles. The quantitative estimate of drug-likeness (QED) is 0.329. The molecule has 1 aliphatic carbocycles. The van der Waals surface area contributed by atoms with E-state index in [4.69, 9.17) is 9.15 Å². The summed E-state index contributed by atoms with van der Waals surface area (Å²) >= 11 is 1.31. The molecule has 5 rings (SSSR count). The number of amides is 1. The van der Waals surface area contributed by atoms with Gasteiger partial charge in [-0.1, -0.05) is 48.0 Å². The first-order chi connectivity index (χ1) is 16.5. The molecule has 1 amide bonds. The number of carbonyl (C=O) groups is 2. The molecule has 172 valence electrons. The van der Waals surface area contributed by atoms with Gasteiger partial charge in [-0.2, -0.15) is 0 Å². The number of nitrogens with one attached hydrogen (secondary N) is 1. The molecule has 34 heavy (non-hydrogen) atoms. The Morgan fingerprint density at radius 3 is 2.50 bits per heavy atom. The minimum atomic E-state index is -0.769. The van der Waals surface area contributed by atoms with Crippen molar-refractivity contribution in [1.82, 2.24) is 10.2 Å². The smallest absolute Gasteiger partial charge is 0.342 e. The van der Waals surface area contributed by atoms with Crippen LogP contribution in [0.3, 0.4) is 0 Å². The van der Waals surface area contributed by atoms with E-state index in [0.717, 1.165) is 29.5 Å². The molecule has 1 unspecified atom stereocenters. The van der Waals surface area contributed by atoms with Crippen LogP contribution in [0.5, 0.6) is 0 Å². The lowest BCUT2D eigenvalue weighted by atomic mass is 10.0. The van der Waals surface area contributed by atoms with Crippen LogP contribution >= 0.6 is 11.3 Å². The summed E-state index contributed by atoms with van der Waals surface area (Å²) in [5.41, 5.74) is 3.82. The van der Waals surface area contributed by atoms with Gasteiger partial charge in [0, 0.05) is 22.4 Å². The van der Waals surface area contributed by atoms with Crippen molar-refractivity contribution >= 4 is 28.2 Å². The van der Waals surface area contributed by atoms with Gasteiger partial charge < -0.3 is 14.5 Å². The second kappa shape index (κ2) is 9.23. The molecular weight excluding hydrogens is 450 g/mol. The van der Waals surface area contributed by atoms with Gasteiger partial charge in [-0.3, -0.25) is 4.79 Å². The van der Waals surface area contributed by atoms with E-state index in [0.29, 0.717) is 22.0 Å². The van der Waals surface area contributed by atoms with Gasteiger partial charge in [-0.05, 0) is 44.4 Å². The van der Waals surface area contributed by atoms with Crippen LogP contribution < -0.4 is 5.32 Å². The van der Waals surface area contributed by atoms with Gasteiger partial charge in [-0.25, -0.2) is 4.79 Å². The fourth-order valence-corrected chi connectivity index (χ4v) is 4.48. The summed E-state index contributed by atoms with van der Waals surface area (Å²) < 4.78 is 11.5. The summed E-state index contributed by atoms with van der Waals surface area (Å²) in [4.78, 5) is 25.7. The second-order valence-electron chi connectivity index (χ2n) is 8.34. The summed E-state index contributed by atoms with van der Waals surface area (Å²) in [5, 5.41) is 13.4. The summed E-state index contributed by atoms with van der Waals surface area (Å²) in [7, 11) is 0. The Morgan fingerprint density at radius 1 is 1.06 bits per heavy atom. The van der Waals surface area contributed by atoms with Crippen LogP contribution in [0.25, 0.3) is 22.6 Å². The number of benzene rings is 2. The molecule has 2 aromatic heterocycles. The molecule has 2 aromatic carbocycles. The van der Waals surface area contributed by atoms with Crippen LogP contribution in [0.2, 0.25) is 0 Å². The average molecular weight is 474 g/mol. The molecule has 1 aliphatic rings. The Balaban J connectivity index is 1.39. The maximum absolute atomic E-state index is 13.3. The Labute approximate surface area is 200 Å². The predicted octanol–water partition coefficient (Wildman–Crippen LogP) is 6.04. The molecule has 7 nitrogen and oxygen atoms in total. The van der Waals surface area contributed by atoms with Crippen LogP contribution in [0.1, 0.15) is 47.7 Å². The average Bonchev–Trinajstić information content (AvgIpc) is 3.43. The normalized spacial score (nSPS) is 13.9. The molecule has 1 saturated carbocycles. The molecule has 1 N–H and O–H groups in total. The summed E-state index contributed by atoms with van der Waals surface area (Å²) in [5.74, 6) is -0.0552. The van der Waals surface area contributed by atoms with Crippen molar-refractivity contribution in [3.8, 4) is 22.6 Å². The SMILES string of the molecule is Cc1ccc(-c2nnc(C(C)OC(=O)c3c(-c4ccccc4)csc3NC(=O)C3CC3)o2)cc1. The standard InChI is InChI=1S/C26H23N3O4S/c1-15-8-10-19(11-9-15)24-29-28-23(33-24)16(2)32-26(31)21-20(17-6-4-3-5-7-17)14-34-25(21)27-22(30)18-12-13-18/h3-11,14,16,18H,12-13H2,1-2H3,(H,27,30). The third kappa shape index (κ3) is 4.63. The number of aryl methyl sites for hydroxylation is 1. The van der Waals surface area contributed by atoms with Gasteiger partial charge in [0.25, 0.3) is 5.89 Å². The second-order valence-corrected chi connectivity index (χ2v) is 9.22. The molecule has 2 heterocycles. The monoisotopic (exact) mass is 473 g/mol. The van der Waals surface area contributed by atoms with Crippen LogP contribution in [0, 0.1) is 12.8 Å². The fraction of sp³-hybridized carbons (Fsp3) is 0.231. The van der Waals surface area contributed by atoms with Crippen molar-refractivity contribution in [2.24, 2.45) is 5.92 Å². The van der Waals surface area contributed by atoms with Crippen molar-refractivity contribution in [3.63, 3.8) is 0 Å². The number of ether oxygens (including phenoxy) is 1. The molecule has 8 heteroatoms. The van der Waals surface area contributed by atoms with E-state index in [1.54, 1.807) is 6.92 Å². The van der Waals surface area contributed by atoms with E-state index < -0.39 is 12.1 Å². The van der Waals surface area contributed by atoms with Crippen molar-refractivity contribution in [2.75, 3.05) is 5.32 Å². The molecule has 1 fully saturated rings. The molecular formula is C26H23N3O4S. The fourth-order valence-electron chi connectivity index (χ4n) is 3.52. The highest BCUT2D eigenvalue weighted by atomic mass is 32.1. The number of hydrogen-bond acceptors (Lipinski definition) is 7. The first kappa shape index (κ1) is 22.0. The van der Waals surface area contributed by atoms with Gasteiger partial charge in [-0.15, -0.1) is 21.5 Å². The van der Waals surface area contributed by atoms with E-state index in [2.05, 4.69) is 15.5 Å². The number of aromatic nitrogens is 2. The summed E-state index contributed by atoms with van der Waals surface area (Å²) in [6, 6.07) is 17.3. The van der Waals surface area contributed by atoms with Crippen LogP contribution in [-0.2, 0) is 9.53 Å². The first-order valence-electron chi connectivity index (χ1n) is 11.1. The molecule has 0 aliphatic heterocycles. The first-order valence-corrected chi connectivity index (χ1v) is 12.0. The van der Waals surface area contributed by atoms with Gasteiger partial charge in [0.2, 0.25) is 11.8 Å². The molecule has 0 bridgehead atoms. The van der Waals surface area contributed by atoms with Gasteiger partial charge >= 0.3 is 5.97 Å². The van der Waals surface area contributed by atoms with Crippen molar-refractivity contribution in [2.45, 2.75) is 32.8 Å². The third-order valence-corrected chi connectivity index (χ3v) is 6.53. The lowest BCUT2D eigenvalue weighted by Crippen LogP contribution is -2.16. The number of nitrogens with zero attached hydrogens (tertiary/aromatic N) is 2. The number of rotatable bonds is 7. The molecule has 0 radical (unpaired) electrons. The largest absolute Gasteiger partial charge is 0.449 e. The van der Waals surface area contributed by atoms with E-state index in [9.17, 15) is 9.59 Å². The zero-order valence-electron chi connectivity index (χ0n) is 18.8. The number of anilines is 1. The molecule has 1 atom stereocenters. The lowest BCUT2D eigenvalue weighted by molar-refractivity contribution is -0.117. The number of esters is 1. The van der Waals surface area contributed by atoms with Crippen LogP contribution in [0.4, 0.5) is 5.00 Å². The highest BCUT2D eigenvalue weighted by Crippen LogP contribution is 2.39. The van der Waals surface area contributed by atoms with Crippen LogP contribution in [-0.4, -0.2) is 22.1 Å². The van der Waals surface area contributed by atoms with Gasteiger partial charge in [0.1, 0.15) is 10.6 Å². The van der Waals surface area contributed by atoms with E-state index in [1.807, 2.05) is 66.9 Å². The summed E-state index contributed by atoms with van der Waals surface area (Å²) in [6.07, 6.45) is 0.981. The highest BCUT2D eigenvalue weighted by Gasteiger charge is 2.32. The van der Waals surface area contributed by atoms with Crippen molar-refractivity contribution in [3.05, 3.63) is 77.0 Å². The zero-order chi connectivity index (χ0) is 23.7. The predicted molar refractivity (Wildman–Crippen MR) is 129 cm³/mol. The Kier molecular flexibility index (Phi) is 5.98. The Hall–Kier alpha value is -3.78. The van der Waals surface area contributed by atoms with Crippen molar-refractivity contribution in [1.29, 1.82) is 0 Å². The van der Waals surface area contributed by atoms with Gasteiger partial charge in [0.05, 0.1) is 0 Å². The van der Waals surface area contributed by atoms with E-state index in [1.165, 1.54) is 11.3 Å². The van der Waals surface area contributed by atoms with Gasteiger partial charge in [0.15, 0.2) is 6.10 Å². The Bertz CT molecular complexity index is 1320. The zero-order valence-corrected chi connectivity index (χ0v) is 19.6. The third-order valence-electron chi connectivity index (χ3n) is 5.64. The van der Waals surface area contributed by atoms with Crippen LogP contribution in [0.15, 0.2) is 64.4 Å². The maximum Gasteiger partial charge on any atom is 0.342 e.